The Morgan fingerprint density at radius 1 is 1.38 bits per heavy atom. The SMILES string of the molecule is CC(C)C[C@@H]1CCN[C@H](C(=O)Nc2ccn(CCCn3ccnc3)n2)C1. The Labute approximate surface area is 155 Å². The molecule has 1 aliphatic heterocycles. The maximum absolute atomic E-state index is 12.5. The van der Waals surface area contributed by atoms with Crippen LogP contribution in [-0.2, 0) is 17.9 Å². The molecule has 2 N–H and O–H groups in total. The van der Waals surface area contributed by atoms with Crippen LogP contribution in [0.15, 0.2) is 31.0 Å². The summed E-state index contributed by atoms with van der Waals surface area (Å²) < 4.78 is 3.93. The smallest absolute Gasteiger partial charge is 0.242 e. The van der Waals surface area contributed by atoms with E-state index in [2.05, 4.69) is 39.1 Å². The molecule has 0 aromatic carbocycles. The van der Waals surface area contributed by atoms with E-state index >= 15 is 0 Å². The van der Waals surface area contributed by atoms with Gasteiger partial charge in [-0.15, -0.1) is 0 Å². The van der Waals surface area contributed by atoms with E-state index in [9.17, 15) is 4.79 Å². The predicted molar refractivity (Wildman–Crippen MR) is 102 cm³/mol. The van der Waals surface area contributed by atoms with Gasteiger partial charge in [0.05, 0.1) is 12.4 Å². The van der Waals surface area contributed by atoms with Crippen molar-refractivity contribution in [3.8, 4) is 0 Å². The highest BCUT2D eigenvalue weighted by Crippen LogP contribution is 2.24. The Morgan fingerprint density at radius 2 is 2.27 bits per heavy atom. The van der Waals surface area contributed by atoms with Crippen LogP contribution in [-0.4, -0.2) is 37.8 Å². The molecule has 7 nitrogen and oxygen atoms in total. The number of aryl methyl sites for hydroxylation is 2. The summed E-state index contributed by atoms with van der Waals surface area (Å²) >= 11 is 0. The van der Waals surface area contributed by atoms with Crippen molar-refractivity contribution >= 4 is 11.7 Å². The van der Waals surface area contributed by atoms with Crippen LogP contribution >= 0.6 is 0 Å². The first kappa shape index (κ1) is 18.6. The number of imidazole rings is 1. The number of hydrogen-bond acceptors (Lipinski definition) is 4. The van der Waals surface area contributed by atoms with Crippen molar-refractivity contribution in [3.05, 3.63) is 31.0 Å². The van der Waals surface area contributed by atoms with Gasteiger partial charge in [-0.3, -0.25) is 9.48 Å². The number of amides is 1. The Kier molecular flexibility index (Phi) is 6.44. The summed E-state index contributed by atoms with van der Waals surface area (Å²) in [6.07, 6.45) is 11.7. The summed E-state index contributed by atoms with van der Waals surface area (Å²) in [5.41, 5.74) is 0. The van der Waals surface area contributed by atoms with Crippen molar-refractivity contribution in [2.75, 3.05) is 11.9 Å². The van der Waals surface area contributed by atoms with Gasteiger partial charge < -0.3 is 15.2 Å². The number of carbonyl (C=O) groups excluding carboxylic acids is 1. The van der Waals surface area contributed by atoms with Gasteiger partial charge in [-0.25, -0.2) is 4.98 Å². The Bertz CT molecular complexity index is 678. The molecular weight excluding hydrogens is 328 g/mol. The highest BCUT2D eigenvalue weighted by atomic mass is 16.2. The van der Waals surface area contributed by atoms with E-state index < -0.39 is 0 Å². The monoisotopic (exact) mass is 358 g/mol. The van der Waals surface area contributed by atoms with Gasteiger partial charge in [0.15, 0.2) is 5.82 Å². The van der Waals surface area contributed by atoms with E-state index in [1.54, 1.807) is 6.20 Å². The number of aromatic nitrogens is 4. The highest BCUT2D eigenvalue weighted by molar-refractivity contribution is 5.94. The number of carbonyl (C=O) groups is 1. The second kappa shape index (κ2) is 8.98. The van der Waals surface area contributed by atoms with E-state index in [4.69, 9.17) is 0 Å². The predicted octanol–water partition coefficient (Wildman–Crippen LogP) is 2.52. The van der Waals surface area contributed by atoms with Crippen molar-refractivity contribution in [1.82, 2.24) is 24.6 Å². The standard InChI is InChI=1S/C19H30N6O/c1-15(2)12-16-4-6-21-17(13-16)19(26)22-18-5-10-25(23-18)9-3-8-24-11-7-20-14-24/h5,7,10-11,14-17,21H,3-4,6,8-9,12-13H2,1-2H3,(H,22,23,26)/t16-,17-/m0/s1. The van der Waals surface area contributed by atoms with Gasteiger partial charge in [0, 0.05) is 37.7 Å². The first-order valence-corrected chi connectivity index (χ1v) is 9.63. The van der Waals surface area contributed by atoms with Gasteiger partial charge in [0.25, 0.3) is 0 Å². The van der Waals surface area contributed by atoms with Crippen LogP contribution in [0.2, 0.25) is 0 Å². The number of piperidine rings is 1. The maximum Gasteiger partial charge on any atom is 0.242 e. The molecule has 7 heteroatoms. The van der Waals surface area contributed by atoms with E-state index in [1.165, 1.54) is 6.42 Å². The normalized spacial score (nSPS) is 20.4. The van der Waals surface area contributed by atoms with Crippen molar-refractivity contribution in [2.45, 2.75) is 58.7 Å². The minimum Gasteiger partial charge on any atom is -0.337 e. The van der Waals surface area contributed by atoms with Gasteiger partial charge in [-0.2, -0.15) is 5.10 Å². The molecule has 2 aromatic heterocycles. The van der Waals surface area contributed by atoms with Crippen LogP contribution in [0.25, 0.3) is 0 Å². The number of nitrogens with zero attached hydrogens (tertiary/aromatic N) is 4. The molecule has 1 fully saturated rings. The Balaban J connectivity index is 1.44. The van der Waals surface area contributed by atoms with E-state index in [-0.39, 0.29) is 11.9 Å². The summed E-state index contributed by atoms with van der Waals surface area (Å²) in [7, 11) is 0. The second-order valence-electron chi connectivity index (χ2n) is 7.63. The molecule has 142 valence electrons. The summed E-state index contributed by atoms with van der Waals surface area (Å²) in [5, 5.41) is 10.8. The number of anilines is 1. The van der Waals surface area contributed by atoms with Crippen LogP contribution in [0.5, 0.6) is 0 Å². The quantitative estimate of drug-likeness (QED) is 0.760. The molecule has 0 aliphatic carbocycles. The molecule has 3 rings (SSSR count). The lowest BCUT2D eigenvalue weighted by molar-refractivity contribution is -0.119. The third-order valence-corrected chi connectivity index (χ3v) is 4.89. The van der Waals surface area contributed by atoms with Gasteiger partial charge in [0.2, 0.25) is 5.91 Å². The Morgan fingerprint density at radius 3 is 3.04 bits per heavy atom. The molecule has 0 radical (unpaired) electrons. The lowest BCUT2D eigenvalue weighted by atomic mass is 9.85. The van der Waals surface area contributed by atoms with E-state index in [1.807, 2.05) is 29.5 Å². The molecule has 1 aliphatic rings. The Hall–Kier alpha value is -2.15. The molecule has 1 amide bonds. The van der Waals surface area contributed by atoms with Crippen molar-refractivity contribution in [2.24, 2.45) is 11.8 Å². The molecule has 2 atom stereocenters. The number of rotatable bonds is 8. The fraction of sp³-hybridized carbons (Fsp3) is 0.632. The summed E-state index contributed by atoms with van der Waals surface area (Å²) in [5.74, 6) is 1.97. The number of nitrogens with one attached hydrogen (secondary N) is 2. The van der Waals surface area contributed by atoms with Gasteiger partial charge in [-0.05, 0) is 44.1 Å². The van der Waals surface area contributed by atoms with Gasteiger partial charge >= 0.3 is 0 Å². The third-order valence-electron chi connectivity index (χ3n) is 4.89. The van der Waals surface area contributed by atoms with Crippen molar-refractivity contribution in [3.63, 3.8) is 0 Å². The second-order valence-corrected chi connectivity index (χ2v) is 7.63. The molecule has 0 bridgehead atoms. The van der Waals surface area contributed by atoms with Crippen molar-refractivity contribution < 1.29 is 4.79 Å². The van der Waals surface area contributed by atoms with Crippen LogP contribution < -0.4 is 10.6 Å². The molecule has 26 heavy (non-hydrogen) atoms. The molecular formula is C19H30N6O. The third kappa shape index (κ3) is 5.42. The van der Waals surface area contributed by atoms with Crippen LogP contribution in [0, 0.1) is 11.8 Å². The highest BCUT2D eigenvalue weighted by Gasteiger charge is 2.27. The zero-order valence-electron chi connectivity index (χ0n) is 15.8. The largest absolute Gasteiger partial charge is 0.337 e. The lowest BCUT2D eigenvalue weighted by Crippen LogP contribution is -2.46. The summed E-state index contributed by atoms with van der Waals surface area (Å²) in [4.78, 5) is 16.6. The summed E-state index contributed by atoms with van der Waals surface area (Å²) in [6.45, 7) is 7.13. The average molecular weight is 358 g/mol. The van der Waals surface area contributed by atoms with Crippen molar-refractivity contribution in [1.29, 1.82) is 0 Å². The topological polar surface area (TPSA) is 76.8 Å². The fourth-order valence-electron chi connectivity index (χ4n) is 3.68. The van der Waals surface area contributed by atoms with E-state index in [0.29, 0.717) is 17.7 Å². The average Bonchev–Trinajstić information content (AvgIpc) is 3.27. The first-order valence-electron chi connectivity index (χ1n) is 9.63. The minimum absolute atomic E-state index is 0.0297. The van der Waals surface area contributed by atoms with E-state index in [0.717, 1.165) is 38.9 Å². The summed E-state index contributed by atoms with van der Waals surface area (Å²) in [6, 6.07) is 1.75. The fourth-order valence-corrected chi connectivity index (χ4v) is 3.68. The van der Waals surface area contributed by atoms with Gasteiger partial charge in [-0.1, -0.05) is 13.8 Å². The molecule has 0 saturated carbocycles. The van der Waals surface area contributed by atoms with Crippen LogP contribution in [0.1, 0.15) is 39.5 Å². The zero-order chi connectivity index (χ0) is 18.4. The minimum atomic E-state index is -0.112. The molecule has 0 unspecified atom stereocenters. The molecule has 0 spiro atoms. The lowest BCUT2D eigenvalue weighted by Gasteiger charge is -2.30. The molecule has 1 saturated heterocycles. The number of hydrogen-bond donors (Lipinski definition) is 2. The molecule has 2 aromatic rings. The zero-order valence-corrected chi connectivity index (χ0v) is 15.8. The maximum atomic E-state index is 12.5. The van der Waals surface area contributed by atoms with Gasteiger partial charge in [0.1, 0.15) is 0 Å². The van der Waals surface area contributed by atoms with Crippen LogP contribution in [0.3, 0.4) is 0 Å². The van der Waals surface area contributed by atoms with Crippen LogP contribution in [0.4, 0.5) is 5.82 Å². The molecule has 3 heterocycles. The first-order chi connectivity index (χ1) is 12.6.